The Kier molecular flexibility index (Phi) is 2.34. The van der Waals surface area contributed by atoms with Gasteiger partial charge in [0.15, 0.2) is 0 Å². The van der Waals surface area contributed by atoms with E-state index in [4.69, 9.17) is 0 Å². The highest BCUT2D eigenvalue weighted by Gasteiger charge is 2.27. The molecule has 0 fully saturated rings. The van der Waals surface area contributed by atoms with Gasteiger partial charge in [-0.05, 0) is 37.3 Å². The normalized spacial score (nSPS) is 13.7. The van der Waals surface area contributed by atoms with Crippen LogP contribution in [-0.2, 0) is 12.8 Å². The molecule has 1 N–H and O–H groups in total. The van der Waals surface area contributed by atoms with Crippen molar-refractivity contribution < 1.29 is 4.92 Å². The van der Waals surface area contributed by atoms with Crippen LogP contribution in [-0.4, -0.2) is 12.0 Å². The zero-order chi connectivity index (χ0) is 11.0. The fourth-order valence-electron chi connectivity index (χ4n) is 2.39. The standard InChI is InChI=1S/C11H14N2O2/c1-7-6-8-4-3-5-9(8)11(13(14)15)10(7)12-2/h6,12H,3-5H2,1-2H3. The lowest BCUT2D eigenvalue weighted by Crippen LogP contribution is -2.03. The second kappa shape index (κ2) is 3.53. The summed E-state index contributed by atoms with van der Waals surface area (Å²) in [5.74, 6) is 0. The number of fused-ring (bicyclic) bond motifs is 1. The molecule has 4 heteroatoms. The number of benzene rings is 1. The molecule has 0 aromatic heterocycles. The van der Waals surface area contributed by atoms with Gasteiger partial charge < -0.3 is 5.32 Å². The van der Waals surface area contributed by atoms with Crippen molar-refractivity contribution in [3.8, 4) is 0 Å². The van der Waals surface area contributed by atoms with Crippen molar-refractivity contribution in [2.24, 2.45) is 0 Å². The fraction of sp³-hybridized carbons (Fsp3) is 0.455. The van der Waals surface area contributed by atoms with Crippen LogP contribution in [0.25, 0.3) is 0 Å². The summed E-state index contributed by atoms with van der Waals surface area (Å²) in [7, 11) is 1.73. The van der Waals surface area contributed by atoms with Gasteiger partial charge >= 0.3 is 0 Å². The first-order valence-corrected chi connectivity index (χ1v) is 5.12. The predicted molar refractivity (Wildman–Crippen MR) is 59.4 cm³/mol. The molecule has 1 aliphatic rings. The summed E-state index contributed by atoms with van der Waals surface area (Å²) in [5.41, 5.74) is 3.99. The van der Waals surface area contributed by atoms with Gasteiger partial charge in [0.25, 0.3) is 5.69 Å². The molecule has 1 aliphatic carbocycles. The number of hydrogen-bond donors (Lipinski definition) is 1. The molecule has 0 bridgehead atoms. The highest BCUT2D eigenvalue weighted by Crippen LogP contribution is 2.38. The van der Waals surface area contributed by atoms with Crippen LogP contribution in [0.1, 0.15) is 23.1 Å². The van der Waals surface area contributed by atoms with E-state index >= 15 is 0 Å². The first-order chi connectivity index (χ1) is 7.15. The Bertz CT molecular complexity index is 423. The molecule has 0 saturated heterocycles. The molecular weight excluding hydrogens is 192 g/mol. The summed E-state index contributed by atoms with van der Waals surface area (Å²) in [5, 5.41) is 14.0. The third-order valence-corrected chi connectivity index (χ3v) is 3.00. The summed E-state index contributed by atoms with van der Waals surface area (Å²) < 4.78 is 0. The summed E-state index contributed by atoms with van der Waals surface area (Å²) in [6.07, 6.45) is 2.84. The van der Waals surface area contributed by atoms with Crippen LogP contribution in [0.5, 0.6) is 0 Å². The molecule has 15 heavy (non-hydrogen) atoms. The summed E-state index contributed by atoms with van der Waals surface area (Å²) in [4.78, 5) is 10.8. The zero-order valence-electron chi connectivity index (χ0n) is 8.96. The van der Waals surface area contributed by atoms with E-state index in [2.05, 4.69) is 11.4 Å². The van der Waals surface area contributed by atoms with Crippen molar-refractivity contribution >= 4 is 11.4 Å². The van der Waals surface area contributed by atoms with E-state index in [0.717, 1.165) is 36.0 Å². The van der Waals surface area contributed by atoms with Gasteiger partial charge in [-0.2, -0.15) is 0 Å². The maximum atomic E-state index is 11.1. The van der Waals surface area contributed by atoms with Gasteiger partial charge in [-0.3, -0.25) is 10.1 Å². The van der Waals surface area contributed by atoms with Gasteiger partial charge in [0.05, 0.1) is 4.92 Å². The first-order valence-electron chi connectivity index (χ1n) is 5.12. The monoisotopic (exact) mass is 206 g/mol. The van der Waals surface area contributed by atoms with Crippen LogP contribution in [0.3, 0.4) is 0 Å². The average molecular weight is 206 g/mol. The summed E-state index contributed by atoms with van der Waals surface area (Å²) >= 11 is 0. The highest BCUT2D eigenvalue weighted by molar-refractivity contribution is 5.72. The largest absolute Gasteiger partial charge is 0.382 e. The van der Waals surface area contributed by atoms with E-state index < -0.39 is 0 Å². The van der Waals surface area contributed by atoms with Crippen molar-refractivity contribution in [3.63, 3.8) is 0 Å². The molecule has 80 valence electrons. The first kappa shape index (κ1) is 9.96. The molecule has 0 amide bonds. The van der Waals surface area contributed by atoms with Crippen molar-refractivity contribution in [2.75, 3.05) is 12.4 Å². The van der Waals surface area contributed by atoms with Crippen molar-refractivity contribution in [3.05, 3.63) is 32.9 Å². The molecule has 0 aliphatic heterocycles. The maximum Gasteiger partial charge on any atom is 0.296 e. The molecule has 0 radical (unpaired) electrons. The van der Waals surface area contributed by atoms with Gasteiger partial charge in [0.2, 0.25) is 0 Å². The third kappa shape index (κ3) is 1.46. The van der Waals surface area contributed by atoms with E-state index in [9.17, 15) is 10.1 Å². The number of nitrogens with zero attached hydrogens (tertiary/aromatic N) is 1. The molecule has 0 spiro atoms. The quantitative estimate of drug-likeness (QED) is 0.597. The van der Waals surface area contributed by atoms with E-state index in [1.807, 2.05) is 6.92 Å². The maximum absolute atomic E-state index is 11.1. The zero-order valence-corrected chi connectivity index (χ0v) is 8.96. The number of nitro benzene ring substituents is 1. The fourth-order valence-corrected chi connectivity index (χ4v) is 2.39. The Morgan fingerprint density at radius 1 is 1.47 bits per heavy atom. The Morgan fingerprint density at radius 3 is 2.80 bits per heavy atom. The lowest BCUT2D eigenvalue weighted by Gasteiger charge is -2.10. The number of nitro groups is 1. The van der Waals surface area contributed by atoms with E-state index in [-0.39, 0.29) is 10.6 Å². The number of anilines is 1. The third-order valence-electron chi connectivity index (χ3n) is 3.00. The van der Waals surface area contributed by atoms with Gasteiger partial charge in [-0.15, -0.1) is 0 Å². The lowest BCUT2D eigenvalue weighted by atomic mass is 10.0. The average Bonchev–Trinajstić information content (AvgIpc) is 2.62. The topological polar surface area (TPSA) is 55.2 Å². The van der Waals surface area contributed by atoms with Gasteiger partial charge in [0.1, 0.15) is 5.69 Å². The smallest absolute Gasteiger partial charge is 0.296 e. The number of hydrogen-bond acceptors (Lipinski definition) is 3. The molecule has 0 saturated carbocycles. The number of nitrogens with one attached hydrogen (secondary N) is 1. The van der Waals surface area contributed by atoms with Crippen LogP contribution >= 0.6 is 0 Å². The number of aryl methyl sites for hydroxylation is 2. The van der Waals surface area contributed by atoms with Gasteiger partial charge in [-0.25, -0.2) is 0 Å². The Balaban J connectivity index is 2.71. The van der Waals surface area contributed by atoms with Crippen molar-refractivity contribution in [2.45, 2.75) is 26.2 Å². The lowest BCUT2D eigenvalue weighted by molar-refractivity contribution is -0.384. The van der Waals surface area contributed by atoms with Crippen molar-refractivity contribution in [1.29, 1.82) is 0 Å². The van der Waals surface area contributed by atoms with Crippen LogP contribution in [0.15, 0.2) is 6.07 Å². The minimum absolute atomic E-state index is 0.261. The van der Waals surface area contributed by atoms with E-state index in [0.29, 0.717) is 5.69 Å². The minimum atomic E-state index is -0.261. The SMILES string of the molecule is CNc1c(C)cc2c(c1[N+](=O)[O-])CCC2. The molecular formula is C11H14N2O2. The van der Waals surface area contributed by atoms with Crippen LogP contribution in [0, 0.1) is 17.0 Å². The molecule has 1 aromatic carbocycles. The molecule has 4 nitrogen and oxygen atoms in total. The number of rotatable bonds is 2. The van der Waals surface area contributed by atoms with Gasteiger partial charge in [-0.1, -0.05) is 6.07 Å². The second-order valence-electron chi connectivity index (χ2n) is 3.92. The van der Waals surface area contributed by atoms with E-state index in [1.54, 1.807) is 7.05 Å². The second-order valence-corrected chi connectivity index (χ2v) is 3.92. The van der Waals surface area contributed by atoms with Crippen LogP contribution < -0.4 is 5.32 Å². The molecule has 0 unspecified atom stereocenters. The van der Waals surface area contributed by atoms with Crippen molar-refractivity contribution in [1.82, 2.24) is 0 Å². The van der Waals surface area contributed by atoms with Crippen LogP contribution in [0.2, 0.25) is 0 Å². The predicted octanol–water partition coefficient (Wildman–Crippen LogP) is 2.43. The summed E-state index contributed by atoms with van der Waals surface area (Å²) in [6.45, 7) is 1.91. The highest BCUT2D eigenvalue weighted by atomic mass is 16.6. The molecule has 2 rings (SSSR count). The minimum Gasteiger partial charge on any atom is -0.382 e. The molecule has 0 heterocycles. The Hall–Kier alpha value is -1.58. The molecule has 1 aromatic rings. The van der Waals surface area contributed by atoms with E-state index in [1.165, 1.54) is 0 Å². The Labute approximate surface area is 88.5 Å². The Morgan fingerprint density at radius 2 is 2.20 bits per heavy atom. The molecule has 0 atom stereocenters. The van der Waals surface area contributed by atoms with Crippen LogP contribution in [0.4, 0.5) is 11.4 Å². The summed E-state index contributed by atoms with van der Waals surface area (Å²) in [6, 6.07) is 2.07. The van der Waals surface area contributed by atoms with Gasteiger partial charge in [0, 0.05) is 12.6 Å².